The molecule has 1 aliphatic rings. The van der Waals surface area contributed by atoms with Crippen LogP contribution < -0.4 is 9.47 Å². The lowest BCUT2D eigenvalue weighted by atomic mass is 9.75. The Hall–Kier alpha value is -1.23. The van der Waals surface area contributed by atoms with Crippen molar-refractivity contribution in [2.45, 2.75) is 31.6 Å². The van der Waals surface area contributed by atoms with Gasteiger partial charge in [-0.3, -0.25) is 4.79 Å². The summed E-state index contributed by atoms with van der Waals surface area (Å²) in [5, 5.41) is 9.43. The van der Waals surface area contributed by atoms with Crippen molar-refractivity contribution >= 4 is 21.9 Å². The number of carboxylic acids is 1. The fourth-order valence-corrected chi connectivity index (χ4v) is 3.69. The molecule has 2 rings (SSSR count). The summed E-state index contributed by atoms with van der Waals surface area (Å²) in [6.07, 6.45) is 3.65. The predicted molar refractivity (Wildman–Crippen MR) is 79.6 cm³/mol. The molecule has 1 aromatic rings. The Morgan fingerprint density at radius 1 is 1.25 bits per heavy atom. The van der Waals surface area contributed by atoms with E-state index in [2.05, 4.69) is 15.9 Å². The van der Waals surface area contributed by atoms with Crippen LogP contribution >= 0.6 is 15.9 Å². The summed E-state index contributed by atoms with van der Waals surface area (Å²) < 4.78 is 11.5. The normalized spacial score (nSPS) is 22.4. The first-order valence-electron chi connectivity index (χ1n) is 6.73. The molecule has 0 amide bonds. The van der Waals surface area contributed by atoms with Gasteiger partial charge >= 0.3 is 5.97 Å². The van der Waals surface area contributed by atoms with E-state index >= 15 is 0 Å². The number of aliphatic carboxylic acids is 1. The molecule has 4 nitrogen and oxygen atoms in total. The van der Waals surface area contributed by atoms with Crippen LogP contribution in [-0.4, -0.2) is 25.3 Å². The van der Waals surface area contributed by atoms with E-state index in [1.165, 1.54) is 0 Å². The number of carboxylic acid groups (broad SMARTS) is 1. The quantitative estimate of drug-likeness (QED) is 0.903. The largest absolute Gasteiger partial charge is 0.495 e. The molecule has 1 saturated carbocycles. The van der Waals surface area contributed by atoms with Crippen molar-refractivity contribution in [2.24, 2.45) is 5.92 Å². The Kier molecular flexibility index (Phi) is 4.91. The van der Waals surface area contributed by atoms with Gasteiger partial charge in [-0.15, -0.1) is 0 Å². The summed E-state index contributed by atoms with van der Waals surface area (Å²) in [7, 11) is 3.20. The highest BCUT2D eigenvalue weighted by Gasteiger charge is 2.34. The third-order valence-electron chi connectivity index (χ3n) is 4.00. The number of methoxy groups -OCH3 is 2. The van der Waals surface area contributed by atoms with Gasteiger partial charge in [0.25, 0.3) is 0 Å². The summed E-state index contributed by atoms with van der Waals surface area (Å²) in [4.78, 5) is 11.5. The number of ether oxygens (including phenoxy) is 2. The lowest BCUT2D eigenvalue weighted by molar-refractivity contribution is -0.143. The van der Waals surface area contributed by atoms with Gasteiger partial charge in [-0.1, -0.05) is 18.9 Å². The molecule has 0 aliphatic heterocycles. The third kappa shape index (κ3) is 2.77. The minimum absolute atomic E-state index is 0.00148. The first-order valence-corrected chi connectivity index (χ1v) is 7.52. The Bertz CT molecular complexity index is 501. The Balaban J connectivity index is 2.45. The van der Waals surface area contributed by atoms with E-state index in [0.29, 0.717) is 11.5 Å². The van der Waals surface area contributed by atoms with Gasteiger partial charge in [0.1, 0.15) is 16.0 Å². The predicted octanol–water partition coefficient (Wildman–Crippen LogP) is 3.82. The van der Waals surface area contributed by atoms with Crippen LogP contribution in [0.25, 0.3) is 0 Å². The number of rotatable bonds is 4. The number of hydrogen-bond acceptors (Lipinski definition) is 3. The zero-order chi connectivity index (χ0) is 14.7. The van der Waals surface area contributed by atoms with Gasteiger partial charge in [-0.25, -0.2) is 0 Å². The third-order valence-corrected chi connectivity index (χ3v) is 4.75. The van der Waals surface area contributed by atoms with E-state index in [1.807, 2.05) is 12.1 Å². The van der Waals surface area contributed by atoms with Crippen LogP contribution in [0, 0.1) is 5.92 Å². The van der Waals surface area contributed by atoms with Crippen molar-refractivity contribution < 1.29 is 19.4 Å². The molecule has 0 spiro atoms. The molecule has 0 bridgehead atoms. The van der Waals surface area contributed by atoms with E-state index in [-0.39, 0.29) is 11.8 Å². The van der Waals surface area contributed by atoms with Crippen molar-refractivity contribution in [1.29, 1.82) is 0 Å². The topological polar surface area (TPSA) is 55.8 Å². The molecule has 2 unspecified atom stereocenters. The van der Waals surface area contributed by atoms with Crippen molar-refractivity contribution in [3.05, 3.63) is 22.2 Å². The van der Waals surface area contributed by atoms with Crippen molar-refractivity contribution in [3.8, 4) is 11.5 Å². The highest BCUT2D eigenvalue weighted by molar-refractivity contribution is 9.10. The molecule has 110 valence electrons. The van der Waals surface area contributed by atoms with Gasteiger partial charge in [0, 0.05) is 5.92 Å². The summed E-state index contributed by atoms with van der Waals surface area (Å²) in [5.74, 6) is 0.316. The maximum atomic E-state index is 11.5. The Labute approximate surface area is 127 Å². The smallest absolute Gasteiger partial charge is 0.307 e. The first-order chi connectivity index (χ1) is 9.60. The average molecular weight is 343 g/mol. The van der Waals surface area contributed by atoms with Crippen LogP contribution in [0.1, 0.15) is 37.2 Å². The van der Waals surface area contributed by atoms with Gasteiger partial charge in [-0.2, -0.15) is 0 Å². The lowest BCUT2D eigenvalue weighted by Gasteiger charge is -2.30. The van der Waals surface area contributed by atoms with Crippen LogP contribution in [0.5, 0.6) is 11.5 Å². The summed E-state index contributed by atoms with van der Waals surface area (Å²) in [5.41, 5.74) is 0.951. The molecule has 1 N–H and O–H groups in total. The standard InChI is InChI=1S/C15H19BrO4/c1-19-12-8-7-10(14(20-2)13(12)16)9-5-3-4-6-11(9)15(17)18/h7-9,11H,3-6H2,1-2H3,(H,17,18). The molecule has 0 saturated heterocycles. The van der Waals surface area contributed by atoms with Crippen molar-refractivity contribution in [1.82, 2.24) is 0 Å². The minimum Gasteiger partial charge on any atom is -0.495 e. The van der Waals surface area contributed by atoms with Crippen LogP contribution in [0.15, 0.2) is 16.6 Å². The number of hydrogen-bond donors (Lipinski definition) is 1. The zero-order valence-corrected chi connectivity index (χ0v) is 13.3. The second kappa shape index (κ2) is 6.48. The molecule has 20 heavy (non-hydrogen) atoms. The molecule has 1 fully saturated rings. The van der Waals surface area contributed by atoms with Crippen LogP contribution in [0.3, 0.4) is 0 Å². The molecule has 1 aliphatic carbocycles. The summed E-state index contributed by atoms with van der Waals surface area (Å²) >= 11 is 3.48. The second-order valence-electron chi connectivity index (χ2n) is 5.04. The van der Waals surface area contributed by atoms with Crippen LogP contribution in [0.4, 0.5) is 0 Å². The average Bonchev–Trinajstić information content (AvgIpc) is 2.46. The Morgan fingerprint density at radius 3 is 2.55 bits per heavy atom. The lowest BCUT2D eigenvalue weighted by Crippen LogP contribution is -2.25. The van der Waals surface area contributed by atoms with Crippen molar-refractivity contribution in [3.63, 3.8) is 0 Å². The zero-order valence-electron chi connectivity index (χ0n) is 11.7. The molecule has 0 heterocycles. The first kappa shape index (κ1) is 15.2. The molecule has 0 aromatic heterocycles. The van der Waals surface area contributed by atoms with Crippen LogP contribution in [0.2, 0.25) is 0 Å². The number of benzene rings is 1. The van der Waals surface area contributed by atoms with Crippen LogP contribution in [-0.2, 0) is 4.79 Å². The molecule has 5 heteroatoms. The van der Waals surface area contributed by atoms with Gasteiger partial charge in [-0.05, 0) is 40.4 Å². The van der Waals surface area contributed by atoms with Gasteiger partial charge < -0.3 is 14.6 Å². The summed E-state index contributed by atoms with van der Waals surface area (Å²) in [6, 6.07) is 3.78. The van der Waals surface area contributed by atoms with E-state index in [0.717, 1.165) is 35.7 Å². The van der Waals surface area contributed by atoms with Gasteiger partial charge in [0.15, 0.2) is 0 Å². The summed E-state index contributed by atoms with van der Waals surface area (Å²) in [6.45, 7) is 0. The SMILES string of the molecule is COc1ccc(C2CCCCC2C(=O)O)c(OC)c1Br. The highest BCUT2D eigenvalue weighted by atomic mass is 79.9. The minimum atomic E-state index is -0.719. The highest BCUT2D eigenvalue weighted by Crippen LogP contribution is 2.46. The molecule has 0 radical (unpaired) electrons. The second-order valence-corrected chi connectivity index (χ2v) is 5.83. The molecule has 2 atom stereocenters. The fourth-order valence-electron chi connectivity index (χ4n) is 3.01. The molecular weight excluding hydrogens is 324 g/mol. The van der Waals surface area contributed by atoms with Crippen molar-refractivity contribution in [2.75, 3.05) is 14.2 Å². The van der Waals surface area contributed by atoms with E-state index in [9.17, 15) is 9.90 Å². The Morgan fingerprint density at radius 2 is 1.95 bits per heavy atom. The number of halogens is 1. The van der Waals surface area contributed by atoms with E-state index < -0.39 is 5.97 Å². The van der Waals surface area contributed by atoms with E-state index in [4.69, 9.17) is 9.47 Å². The maximum absolute atomic E-state index is 11.5. The fraction of sp³-hybridized carbons (Fsp3) is 0.533. The monoisotopic (exact) mass is 342 g/mol. The maximum Gasteiger partial charge on any atom is 0.307 e. The van der Waals surface area contributed by atoms with Gasteiger partial charge in [0.2, 0.25) is 0 Å². The van der Waals surface area contributed by atoms with Gasteiger partial charge in [0.05, 0.1) is 20.1 Å². The molecular formula is C15H19BrO4. The number of carbonyl (C=O) groups is 1. The molecule has 1 aromatic carbocycles. The van der Waals surface area contributed by atoms with E-state index in [1.54, 1.807) is 14.2 Å².